The van der Waals surface area contributed by atoms with Gasteiger partial charge in [-0.3, -0.25) is 9.69 Å². The Labute approximate surface area is 229 Å². The molecule has 1 saturated heterocycles. The SMILES string of the molecule is C=CCOc1c(Cl)cc(/C=C2\SC(=Nc3ccc(Cl)cc3)N(c3ccc(Cl)cc3)C2=O)cc1OCC. The monoisotopic (exact) mass is 558 g/mol. The molecule has 0 unspecified atom stereocenters. The predicted molar refractivity (Wildman–Crippen MR) is 151 cm³/mol. The first-order valence-electron chi connectivity index (χ1n) is 10.9. The van der Waals surface area contributed by atoms with Crippen molar-refractivity contribution in [1.82, 2.24) is 0 Å². The summed E-state index contributed by atoms with van der Waals surface area (Å²) in [4.78, 5) is 20.3. The molecule has 1 fully saturated rings. The number of hydrogen-bond acceptors (Lipinski definition) is 5. The summed E-state index contributed by atoms with van der Waals surface area (Å²) in [5, 5.41) is 2.04. The molecule has 3 aromatic carbocycles. The van der Waals surface area contributed by atoms with Crippen LogP contribution in [0.3, 0.4) is 0 Å². The minimum Gasteiger partial charge on any atom is -0.490 e. The van der Waals surface area contributed by atoms with Crippen LogP contribution < -0.4 is 14.4 Å². The number of nitrogens with zero attached hydrogens (tertiary/aromatic N) is 2. The van der Waals surface area contributed by atoms with Crippen LogP contribution in [0.15, 0.2) is 83.2 Å². The molecule has 9 heteroatoms. The molecule has 36 heavy (non-hydrogen) atoms. The second kappa shape index (κ2) is 11.9. The fourth-order valence-corrected chi connectivity index (χ4v) is 4.89. The molecule has 1 aliphatic heterocycles. The summed E-state index contributed by atoms with van der Waals surface area (Å²) in [6.45, 7) is 6.25. The Balaban J connectivity index is 1.75. The van der Waals surface area contributed by atoms with E-state index in [2.05, 4.69) is 6.58 Å². The van der Waals surface area contributed by atoms with Crippen LogP contribution in [-0.2, 0) is 4.79 Å². The van der Waals surface area contributed by atoms with Gasteiger partial charge in [0.25, 0.3) is 5.91 Å². The molecule has 5 nitrogen and oxygen atoms in total. The lowest BCUT2D eigenvalue weighted by Gasteiger charge is -2.15. The highest BCUT2D eigenvalue weighted by Crippen LogP contribution is 2.41. The van der Waals surface area contributed by atoms with Crippen molar-refractivity contribution in [2.75, 3.05) is 18.1 Å². The van der Waals surface area contributed by atoms with Crippen molar-refractivity contribution in [2.45, 2.75) is 6.92 Å². The van der Waals surface area contributed by atoms with E-state index in [0.29, 0.717) is 60.2 Å². The van der Waals surface area contributed by atoms with E-state index in [0.717, 1.165) is 0 Å². The van der Waals surface area contributed by atoms with Crippen molar-refractivity contribution in [3.05, 3.63) is 98.9 Å². The molecular formula is C27H21Cl3N2O3S. The molecule has 3 aromatic rings. The minimum atomic E-state index is -0.226. The summed E-state index contributed by atoms with van der Waals surface area (Å²) in [6, 6.07) is 17.6. The zero-order valence-corrected chi connectivity index (χ0v) is 22.3. The molecule has 1 aliphatic rings. The molecule has 0 atom stereocenters. The Bertz CT molecular complexity index is 1340. The second-order valence-electron chi connectivity index (χ2n) is 7.46. The van der Waals surface area contributed by atoms with Crippen molar-refractivity contribution >= 4 is 75.1 Å². The van der Waals surface area contributed by atoms with Gasteiger partial charge in [0.15, 0.2) is 16.7 Å². The lowest BCUT2D eigenvalue weighted by molar-refractivity contribution is -0.113. The number of aliphatic imine (C=N–C) groups is 1. The van der Waals surface area contributed by atoms with Gasteiger partial charge in [0, 0.05) is 10.0 Å². The lowest BCUT2D eigenvalue weighted by atomic mass is 10.1. The maximum absolute atomic E-state index is 13.6. The summed E-state index contributed by atoms with van der Waals surface area (Å²) in [7, 11) is 0. The number of ether oxygens (including phenoxy) is 2. The van der Waals surface area contributed by atoms with Crippen molar-refractivity contribution in [3.8, 4) is 11.5 Å². The predicted octanol–water partition coefficient (Wildman–Crippen LogP) is 8.42. The van der Waals surface area contributed by atoms with Crippen LogP contribution in [0.25, 0.3) is 6.08 Å². The average molecular weight is 560 g/mol. The average Bonchev–Trinajstić information content (AvgIpc) is 3.15. The van der Waals surface area contributed by atoms with Crippen molar-refractivity contribution < 1.29 is 14.3 Å². The Hall–Kier alpha value is -2.90. The van der Waals surface area contributed by atoms with E-state index in [-0.39, 0.29) is 12.5 Å². The minimum absolute atomic E-state index is 0.226. The van der Waals surface area contributed by atoms with E-state index >= 15 is 0 Å². The van der Waals surface area contributed by atoms with Crippen LogP contribution in [0.4, 0.5) is 11.4 Å². The molecule has 0 bridgehead atoms. The summed E-state index contributed by atoms with van der Waals surface area (Å²) in [5.74, 6) is 0.689. The van der Waals surface area contributed by atoms with Gasteiger partial charge in [-0.2, -0.15) is 0 Å². The highest BCUT2D eigenvalue weighted by atomic mass is 35.5. The fraction of sp³-hybridized carbons (Fsp3) is 0.111. The van der Waals surface area contributed by atoms with Gasteiger partial charge in [0.05, 0.1) is 27.9 Å². The van der Waals surface area contributed by atoms with Gasteiger partial charge >= 0.3 is 0 Å². The zero-order chi connectivity index (χ0) is 25.7. The normalized spacial score (nSPS) is 15.6. The number of amidine groups is 1. The van der Waals surface area contributed by atoms with Crippen molar-refractivity contribution in [1.29, 1.82) is 0 Å². The Kier molecular flexibility index (Phi) is 8.64. The van der Waals surface area contributed by atoms with Gasteiger partial charge in [-0.25, -0.2) is 4.99 Å². The third-order valence-electron chi connectivity index (χ3n) is 4.92. The molecule has 4 rings (SSSR count). The van der Waals surface area contributed by atoms with E-state index in [1.54, 1.807) is 77.7 Å². The molecule has 1 amide bonds. The number of carbonyl (C=O) groups is 1. The molecule has 0 radical (unpaired) electrons. The molecule has 184 valence electrons. The van der Waals surface area contributed by atoms with E-state index in [1.807, 2.05) is 6.92 Å². The first-order chi connectivity index (χ1) is 17.4. The van der Waals surface area contributed by atoms with Crippen LogP contribution in [0, 0.1) is 0 Å². The van der Waals surface area contributed by atoms with Gasteiger partial charge < -0.3 is 9.47 Å². The topological polar surface area (TPSA) is 51.1 Å². The smallest absolute Gasteiger partial charge is 0.271 e. The summed E-state index contributed by atoms with van der Waals surface area (Å²) >= 11 is 19.8. The lowest BCUT2D eigenvalue weighted by Crippen LogP contribution is -2.28. The number of thioether (sulfide) groups is 1. The third-order valence-corrected chi connectivity index (χ3v) is 6.67. The number of amides is 1. The second-order valence-corrected chi connectivity index (χ2v) is 9.75. The molecule has 0 aliphatic carbocycles. The maximum Gasteiger partial charge on any atom is 0.271 e. The van der Waals surface area contributed by atoms with Gasteiger partial charge in [-0.15, -0.1) is 0 Å². The molecule has 1 heterocycles. The van der Waals surface area contributed by atoms with E-state index in [9.17, 15) is 4.79 Å². The number of anilines is 1. The van der Waals surface area contributed by atoms with Crippen LogP contribution in [0.2, 0.25) is 15.1 Å². The number of halogens is 3. The van der Waals surface area contributed by atoms with Crippen LogP contribution in [0.1, 0.15) is 12.5 Å². The summed E-state index contributed by atoms with van der Waals surface area (Å²) in [5.41, 5.74) is 2.00. The van der Waals surface area contributed by atoms with Gasteiger partial charge in [0.1, 0.15) is 6.61 Å². The standard InChI is InChI=1S/C27H21Cl3N2O3S/c1-3-13-35-25-22(30)14-17(15-23(25)34-4-2)16-24-26(33)32(21-11-7-19(29)8-12-21)27(36-24)31-20-9-5-18(28)6-10-20/h3,5-12,14-16H,1,4,13H2,2H3/b24-16-,31-27?. The van der Waals surface area contributed by atoms with E-state index < -0.39 is 0 Å². The first-order valence-corrected chi connectivity index (χ1v) is 12.9. The fourth-order valence-electron chi connectivity index (χ4n) is 3.36. The molecule has 0 N–H and O–H groups in total. The summed E-state index contributed by atoms with van der Waals surface area (Å²) in [6.07, 6.45) is 3.38. The molecule has 0 spiro atoms. The Morgan fingerprint density at radius 2 is 1.67 bits per heavy atom. The van der Waals surface area contributed by atoms with Crippen molar-refractivity contribution in [3.63, 3.8) is 0 Å². The Morgan fingerprint density at radius 3 is 2.31 bits per heavy atom. The van der Waals surface area contributed by atoms with Gasteiger partial charge in [-0.05, 0) is 91.0 Å². The highest BCUT2D eigenvalue weighted by molar-refractivity contribution is 8.19. The molecular weight excluding hydrogens is 539 g/mol. The molecule has 0 aromatic heterocycles. The largest absolute Gasteiger partial charge is 0.490 e. The summed E-state index contributed by atoms with van der Waals surface area (Å²) < 4.78 is 11.4. The maximum atomic E-state index is 13.6. The van der Waals surface area contributed by atoms with Crippen LogP contribution in [-0.4, -0.2) is 24.3 Å². The Morgan fingerprint density at radius 1 is 1.00 bits per heavy atom. The first kappa shape index (κ1) is 26.2. The van der Waals surface area contributed by atoms with E-state index in [4.69, 9.17) is 49.3 Å². The number of hydrogen-bond donors (Lipinski definition) is 0. The van der Waals surface area contributed by atoms with Gasteiger partial charge in [-0.1, -0.05) is 47.5 Å². The number of rotatable bonds is 8. The number of carbonyl (C=O) groups excluding carboxylic acids is 1. The van der Waals surface area contributed by atoms with Crippen molar-refractivity contribution in [2.24, 2.45) is 4.99 Å². The van der Waals surface area contributed by atoms with Crippen LogP contribution in [0.5, 0.6) is 11.5 Å². The number of benzene rings is 3. The van der Waals surface area contributed by atoms with Gasteiger partial charge in [0.2, 0.25) is 0 Å². The molecule has 0 saturated carbocycles. The third kappa shape index (κ3) is 6.08. The highest BCUT2D eigenvalue weighted by Gasteiger charge is 2.35. The van der Waals surface area contributed by atoms with E-state index in [1.165, 1.54) is 11.8 Å². The van der Waals surface area contributed by atoms with Crippen LogP contribution >= 0.6 is 46.6 Å². The quantitative estimate of drug-likeness (QED) is 0.205. The zero-order valence-electron chi connectivity index (χ0n) is 19.2.